The molecule has 4 rings (SSSR count). The van der Waals surface area contributed by atoms with Crippen LogP contribution in [-0.4, -0.2) is 46.7 Å². The highest BCUT2D eigenvalue weighted by Crippen LogP contribution is 2.32. The maximum absolute atomic E-state index is 12.9. The molecule has 2 aliphatic heterocycles. The molecule has 5 nitrogen and oxygen atoms in total. The summed E-state index contributed by atoms with van der Waals surface area (Å²) in [5.41, 5.74) is 3.11. The van der Waals surface area contributed by atoms with Crippen molar-refractivity contribution in [3.05, 3.63) is 53.1 Å². The molecule has 3 heterocycles. The number of amides is 1. The first kappa shape index (κ1) is 17.3. The van der Waals surface area contributed by atoms with E-state index in [0.717, 1.165) is 56.7 Å². The number of nitrogens with zero attached hydrogens (tertiary/aromatic N) is 3. The lowest BCUT2D eigenvalue weighted by atomic mass is 9.99. The molecule has 2 fully saturated rings. The molecule has 0 aliphatic carbocycles. The van der Waals surface area contributed by atoms with E-state index in [1.807, 2.05) is 42.3 Å². The summed E-state index contributed by atoms with van der Waals surface area (Å²) in [7, 11) is 0. The molecule has 1 unspecified atom stereocenters. The van der Waals surface area contributed by atoms with Crippen LogP contribution >= 0.6 is 0 Å². The molecule has 2 saturated heterocycles. The summed E-state index contributed by atoms with van der Waals surface area (Å²) in [6.07, 6.45) is 5.05. The third-order valence-electron chi connectivity index (χ3n) is 5.68. The highest BCUT2D eigenvalue weighted by Gasteiger charge is 2.32. The van der Waals surface area contributed by atoms with Gasteiger partial charge in [-0.1, -0.05) is 17.7 Å². The molecular formula is C21H27N3O2. The minimum atomic E-state index is 0.140. The zero-order valence-electron chi connectivity index (χ0n) is 15.6. The zero-order valence-corrected chi connectivity index (χ0v) is 15.6. The molecule has 5 heteroatoms. The van der Waals surface area contributed by atoms with Gasteiger partial charge in [0, 0.05) is 49.7 Å². The Balaban J connectivity index is 1.52. The van der Waals surface area contributed by atoms with Gasteiger partial charge in [-0.3, -0.25) is 4.79 Å². The number of imidazole rings is 1. The molecule has 1 atom stereocenters. The Hall–Kier alpha value is -2.14. The van der Waals surface area contributed by atoms with E-state index in [0.29, 0.717) is 12.0 Å². The van der Waals surface area contributed by atoms with Gasteiger partial charge in [-0.2, -0.15) is 0 Å². The minimum Gasteiger partial charge on any atom is -0.381 e. The van der Waals surface area contributed by atoms with Crippen molar-refractivity contribution in [2.75, 3.05) is 26.3 Å². The molecule has 1 aromatic carbocycles. The Morgan fingerprint density at radius 1 is 1.19 bits per heavy atom. The molecule has 0 spiro atoms. The Morgan fingerprint density at radius 3 is 2.77 bits per heavy atom. The molecule has 0 radical (unpaired) electrons. The molecule has 1 amide bonds. The summed E-state index contributed by atoms with van der Waals surface area (Å²) >= 11 is 0. The van der Waals surface area contributed by atoms with E-state index in [1.165, 1.54) is 11.5 Å². The number of ether oxygens (including phenoxy) is 1. The normalized spacial score (nSPS) is 21.3. The number of hydrogen-bond donors (Lipinski definition) is 0. The predicted octanol–water partition coefficient (Wildman–Crippen LogP) is 3.48. The molecule has 0 bridgehead atoms. The highest BCUT2D eigenvalue weighted by atomic mass is 16.5. The van der Waals surface area contributed by atoms with Crippen molar-refractivity contribution >= 4 is 5.91 Å². The monoisotopic (exact) mass is 353 g/mol. The largest absolute Gasteiger partial charge is 0.381 e. The van der Waals surface area contributed by atoms with E-state index >= 15 is 0 Å². The van der Waals surface area contributed by atoms with E-state index in [2.05, 4.69) is 11.5 Å². The topological polar surface area (TPSA) is 47.4 Å². The van der Waals surface area contributed by atoms with Gasteiger partial charge in [0.1, 0.15) is 5.82 Å². The van der Waals surface area contributed by atoms with Crippen LogP contribution < -0.4 is 0 Å². The number of carbonyl (C=O) groups excluding carboxylic acids is 1. The molecule has 26 heavy (non-hydrogen) atoms. The standard InChI is InChI=1S/C21H27N3O2/c1-15-4-3-5-18(12-15)21(25)23-9-6-19(14-23)24-16(2)13-22-20(24)17-7-10-26-11-8-17/h3-5,12-13,17,19H,6-11,14H2,1-2H3. The van der Waals surface area contributed by atoms with Crippen LogP contribution in [0.15, 0.2) is 30.5 Å². The molecule has 138 valence electrons. The van der Waals surface area contributed by atoms with Crippen LogP contribution in [0.1, 0.15) is 58.7 Å². The van der Waals surface area contributed by atoms with Crippen molar-refractivity contribution in [1.29, 1.82) is 0 Å². The Kier molecular flexibility index (Phi) is 4.81. The number of hydrogen-bond acceptors (Lipinski definition) is 3. The third kappa shape index (κ3) is 3.28. The van der Waals surface area contributed by atoms with Crippen molar-refractivity contribution in [2.24, 2.45) is 0 Å². The van der Waals surface area contributed by atoms with E-state index < -0.39 is 0 Å². The van der Waals surface area contributed by atoms with Gasteiger partial charge in [0.15, 0.2) is 0 Å². The summed E-state index contributed by atoms with van der Waals surface area (Å²) in [6, 6.07) is 8.20. The van der Waals surface area contributed by atoms with E-state index in [9.17, 15) is 4.79 Å². The van der Waals surface area contributed by atoms with Crippen LogP contribution in [-0.2, 0) is 4.74 Å². The lowest BCUT2D eigenvalue weighted by Crippen LogP contribution is -2.30. The van der Waals surface area contributed by atoms with Gasteiger partial charge < -0.3 is 14.2 Å². The van der Waals surface area contributed by atoms with Crippen LogP contribution in [0.2, 0.25) is 0 Å². The van der Waals surface area contributed by atoms with E-state index in [-0.39, 0.29) is 5.91 Å². The van der Waals surface area contributed by atoms with Crippen molar-refractivity contribution in [1.82, 2.24) is 14.5 Å². The van der Waals surface area contributed by atoms with Crippen molar-refractivity contribution in [3.8, 4) is 0 Å². The lowest BCUT2D eigenvalue weighted by Gasteiger charge is -2.26. The van der Waals surface area contributed by atoms with E-state index in [4.69, 9.17) is 9.72 Å². The summed E-state index contributed by atoms with van der Waals surface area (Å²) in [5, 5.41) is 0. The molecule has 1 aromatic heterocycles. The summed E-state index contributed by atoms with van der Waals surface area (Å²) in [5.74, 6) is 1.79. The number of likely N-dealkylation sites (tertiary alicyclic amines) is 1. The fourth-order valence-electron chi connectivity index (χ4n) is 4.30. The average molecular weight is 353 g/mol. The molecule has 2 aliphatic rings. The molecule has 0 saturated carbocycles. The van der Waals surface area contributed by atoms with Gasteiger partial charge in [0.2, 0.25) is 0 Å². The van der Waals surface area contributed by atoms with Gasteiger partial charge in [-0.05, 0) is 45.2 Å². The molecular weight excluding hydrogens is 326 g/mol. The van der Waals surface area contributed by atoms with E-state index in [1.54, 1.807) is 0 Å². The second kappa shape index (κ2) is 7.23. The van der Waals surface area contributed by atoms with Crippen LogP contribution in [0.3, 0.4) is 0 Å². The number of aryl methyl sites for hydroxylation is 2. The fraction of sp³-hybridized carbons (Fsp3) is 0.524. The number of benzene rings is 1. The summed E-state index contributed by atoms with van der Waals surface area (Å²) in [6.45, 7) is 7.36. The maximum atomic E-state index is 12.9. The van der Waals surface area contributed by atoms with Crippen molar-refractivity contribution < 1.29 is 9.53 Å². The number of rotatable bonds is 3. The van der Waals surface area contributed by atoms with Crippen LogP contribution in [0.4, 0.5) is 0 Å². The third-order valence-corrected chi connectivity index (χ3v) is 5.68. The summed E-state index contributed by atoms with van der Waals surface area (Å²) < 4.78 is 7.90. The van der Waals surface area contributed by atoms with Gasteiger partial charge >= 0.3 is 0 Å². The first-order valence-corrected chi connectivity index (χ1v) is 9.61. The minimum absolute atomic E-state index is 0.140. The van der Waals surface area contributed by atoms with Gasteiger partial charge in [-0.15, -0.1) is 0 Å². The van der Waals surface area contributed by atoms with Gasteiger partial charge in [-0.25, -0.2) is 4.98 Å². The summed E-state index contributed by atoms with van der Waals surface area (Å²) in [4.78, 5) is 19.6. The Labute approximate surface area is 155 Å². The maximum Gasteiger partial charge on any atom is 0.253 e. The second-order valence-electron chi connectivity index (χ2n) is 7.58. The Bertz CT molecular complexity index is 792. The van der Waals surface area contributed by atoms with Crippen molar-refractivity contribution in [3.63, 3.8) is 0 Å². The zero-order chi connectivity index (χ0) is 18.1. The molecule has 2 aromatic rings. The van der Waals surface area contributed by atoms with Crippen LogP contribution in [0.25, 0.3) is 0 Å². The van der Waals surface area contributed by atoms with Gasteiger partial charge in [0.25, 0.3) is 5.91 Å². The van der Waals surface area contributed by atoms with Gasteiger partial charge in [0.05, 0.1) is 6.04 Å². The molecule has 0 N–H and O–H groups in total. The van der Waals surface area contributed by atoms with Crippen LogP contribution in [0, 0.1) is 13.8 Å². The average Bonchev–Trinajstić information content (AvgIpc) is 3.28. The SMILES string of the molecule is Cc1cccc(C(=O)N2CCC(n3c(C)cnc3C3CCOCC3)C2)c1. The fourth-order valence-corrected chi connectivity index (χ4v) is 4.30. The van der Waals surface area contributed by atoms with Crippen LogP contribution in [0.5, 0.6) is 0 Å². The first-order valence-electron chi connectivity index (χ1n) is 9.61. The number of carbonyl (C=O) groups is 1. The first-order chi connectivity index (χ1) is 12.6. The number of aromatic nitrogens is 2. The quantitative estimate of drug-likeness (QED) is 0.849. The smallest absolute Gasteiger partial charge is 0.253 e. The lowest BCUT2D eigenvalue weighted by molar-refractivity contribution is 0.0784. The Morgan fingerprint density at radius 2 is 2.00 bits per heavy atom. The van der Waals surface area contributed by atoms with Crippen molar-refractivity contribution in [2.45, 2.75) is 45.1 Å². The highest BCUT2D eigenvalue weighted by molar-refractivity contribution is 5.94. The predicted molar refractivity (Wildman–Crippen MR) is 100 cm³/mol. The second-order valence-corrected chi connectivity index (χ2v) is 7.58.